The highest BCUT2D eigenvalue weighted by Gasteiger charge is 2.20. The average Bonchev–Trinajstić information content (AvgIpc) is 3.13. The molecular weight excluding hydrogens is 388 g/mol. The first kappa shape index (κ1) is 19.6. The van der Waals surface area contributed by atoms with E-state index in [-0.39, 0.29) is 23.8 Å². The van der Waals surface area contributed by atoms with Crippen molar-refractivity contribution in [3.63, 3.8) is 0 Å². The second-order valence-corrected chi connectivity index (χ2v) is 7.58. The summed E-state index contributed by atoms with van der Waals surface area (Å²) in [6.07, 6.45) is -1.04. The van der Waals surface area contributed by atoms with E-state index in [4.69, 9.17) is 19.3 Å². The Labute approximate surface area is 161 Å². The number of sulfonamides is 1. The maximum Gasteiger partial charge on any atom is 0.338 e. The lowest BCUT2D eigenvalue weighted by molar-refractivity contribution is -0.129. The van der Waals surface area contributed by atoms with Crippen molar-refractivity contribution in [1.29, 1.82) is 0 Å². The first-order valence-electron chi connectivity index (χ1n) is 8.24. The number of amides is 1. The molecule has 0 aliphatic carbocycles. The Morgan fingerprint density at radius 3 is 2.50 bits per heavy atom. The summed E-state index contributed by atoms with van der Waals surface area (Å²) in [4.78, 5) is 24.1. The number of benzene rings is 2. The van der Waals surface area contributed by atoms with Crippen molar-refractivity contribution < 1.29 is 32.2 Å². The Balaban J connectivity index is 1.54. The zero-order chi connectivity index (χ0) is 20.3. The summed E-state index contributed by atoms with van der Waals surface area (Å²) in [6, 6.07) is 10.2. The standard InChI is InChI=1S/C18H18N2O7S/c1-11(27-18(22)13-3-5-14(6-4-13)28(19,23)24)17(21)20-9-12-2-7-15-16(8-12)26-10-25-15/h2-8,11H,9-10H2,1H3,(H,20,21)(H2,19,23,24). The molecule has 28 heavy (non-hydrogen) atoms. The molecule has 3 rings (SSSR count). The Morgan fingerprint density at radius 1 is 1.14 bits per heavy atom. The van der Waals surface area contributed by atoms with Crippen LogP contribution in [0.1, 0.15) is 22.8 Å². The van der Waals surface area contributed by atoms with Gasteiger partial charge in [-0.2, -0.15) is 0 Å². The fraction of sp³-hybridized carbons (Fsp3) is 0.222. The second kappa shape index (κ2) is 7.87. The van der Waals surface area contributed by atoms with E-state index in [1.54, 1.807) is 18.2 Å². The van der Waals surface area contributed by atoms with Crippen LogP contribution in [0.15, 0.2) is 47.4 Å². The molecule has 0 radical (unpaired) electrons. The number of carbonyl (C=O) groups is 2. The van der Waals surface area contributed by atoms with Crippen molar-refractivity contribution in [1.82, 2.24) is 5.32 Å². The summed E-state index contributed by atoms with van der Waals surface area (Å²) in [6.45, 7) is 1.82. The molecule has 1 atom stereocenters. The molecule has 1 amide bonds. The predicted molar refractivity (Wildman–Crippen MR) is 97.1 cm³/mol. The van der Waals surface area contributed by atoms with Gasteiger partial charge in [0.1, 0.15) is 0 Å². The summed E-state index contributed by atoms with van der Waals surface area (Å²) < 4.78 is 38.1. The largest absolute Gasteiger partial charge is 0.454 e. The Kier molecular flexibility index (Phi) is 5.52. The first-order chi connectivity index (χ1) is 13.2. The van der Waals surface area contributed by atoms with E-state index < -0.39 is 28.0 Å². The average molecular weight is 406 g/mol. The fourth-order valence-corrected chi connectivity index (χ4v) is 2.96. The molecule has 1 unspecified atom stereocenters. The maximum atomic E-state index is 12.2. The highest BCUT2D eigenvalue weighted by molar-refractivity contribution is 7.89. The van der Waals surface area contributed by atoms with Crippen LogP contribution in [0, 0.1) is 0 Å². The van der Waals surface area contributed by atoms with Crippen LogP contribution in [0.25, 0.3) is 0 Å². The van der Waals surface area contributed by atoms with E-state index in [1.165, 1.54) is 31.2 Å². The summed E-state index contributed by atoms with van der Waals surface area (Å²) in [5.41, 5.74) is 0.900. The van der Waals surface area contributed by atoms with Crippen molar-refractivity contribution in [2.45, 2.75) is 24.5 Å². The van der Waals surface area contributed by atoms with Crippen LogP contribution in [-0.2, 0) is 26.1 Å². The number of ether oxygens (including phenoxy) is 3. The van der Waals surface area contributed by atoms with Gasteiger partial charge in [0, 0.05) is 6.54 Å². The number of fused-ring (bicyclic) bond motifs is 1. The van der Waals surface area contributed by atoms with Gasteiger partial charge in [-0.1, -0.05) is 6.07 Å². The van der Waals surface area contributed by atoms with Gasteiger partial charge in [0.05, 0.1) is 10.5 Å². The van der Waals surface area contributed by atoms with Gasteiger partial charge in [-0.3, -0.25) is 4.79 Å². The molecule has 0 fully saturated rings. The SMILES string of the molecule is CC(OC(=O)c1ccc(S(N)(=O)=O)cc1)C(=O)NCc1ccc2c(c1)OCO2. The topological polar surface area (TPSA) is 134 Å². The number of esters is 1. The molecular formula is C18H18N2O7S. The van der Waals surface area contributed by atoms with Crippen LogP contribution in [-0.4, -0.2) is 33.2 Å². The van der Waals surface area contributed by atoms with Crippen molar-refractivity contribution in [3.8, 4) is 11.5 Å². The van der Waals surface area contributed by atoms with Crippen molar-refractivity contribution in [2.24, 2.45) is 5.14 Å². The normalized spacial score (nSPS) is 13.6. The van der Waals surface area contributed by atoms with Gasteiger partial charge in [0.2, 0.25) is 16.8 Å². The molecule has 148 valence electrons. The van der Waals surface area contributed by atoms with Gasteiger partial charge in [-0.25, -0.2) is 18.4 Å². The van der Waals surface area contributed by atoms with E-state index in [0.717, 1.165) is 5.56 Å². The number of carbonyl (C=O) groups excluding carboxylic acids is 2. The van der Waals surface area contributed by atoms with Crippen molar-refractivity contribution >= 4 is 21.9 Å². The van der Waals surface area contributed by atoms with Gasteiger partial charge in [-0.15, -0.1) is 0 Å². The zero-order valence-electron chi connectivity index (χ0n) is 14.9. The zero-order valence-corrected chi connectivity index (χ0v) is 15.7. The molecule has 0 aromatic heterocycles. The van der Waals surface area contributed by atoms with E-state index in [9.17, 15) is 18.0 Å². The number of hydrogen-bond acceptors (Lipinski definition) is 7. The maximum absolute atomic E-state index is 12.2. The lowest BCUT2D eigenvalue weighted by Gasteiger charge is -2.14. The van der Waals surface area contributed by atoms with Gasteiger partial charge >= 0.3 is 5.97 Å². The summed E-state index contributed by atoms with van der Waals surface area (Å²) in [5.74, 6) is 0.0128. The third-order valence-corrected chi connectivity index (χ3v) is 4.90. The first-order valence-corrected chi connectivity index (χ1v) is 9.79. The third kappa shape index (κ3) is 4.59. The summed E-state index contributed by atoms with van der Waals surface area (Å²) >= 11 is 0. The fourth-order valence-electron chi connectivity index (χ4n) is 2.45. The van der Waals surface area contributed by atoms with Crippen LogP contribution < -0.4 is 19.9 Å². The van der Waals surface area contributed by atoms with Crippen LogP contribution in [0.5, 0.6) is 11.5 Å². The van der Waals surface area contributed by atoms with Crippen LogP contribution in [0.2, 0.25) is 0 Å². The van der Waals surface area contributed by atoms with E-state index >= 15 is 0 Å². The molecule has 0 saturated carbocycles. The van der Waals surface area contributed by atoms with Crippen LogP contribution in [0.3, 0.4) is 0 Å². The predicted octanol–water partition coefficient (Wildman–Crippen LogP) is 0.924. The van der Waals surface area contributed by atoms with E-state index in [1.807, 2.05) is 0 Å². The minimum Gasteiger partial charge on any atom is -0.454 e. The molecule has 2 aromatic rings. The van der Waals surface area contributed by atoms with Gasteiger partial charge < -0.3 is 19.5 Å². The Bertz CT molecular complexity index is 1000. The smallest absolute Gasteiger partial charge is 0.338 e. The van der Waals surface area contributed by atoms with Crippen LogP contribution >= 0.6 is 0 Å². The van der Waals surface area contributed by atoms with Crippen molar-refractivity contribution in [2.75, 3.05) is 6.79 Å². The molecule has 0 saturated heterocycles. The van der Waals surface area contributed by atoms with E-state index in [2.05, 4.69) is 5.32 Å². The summed E-state index contributed by atoms with van der Waals surface area (Å²) in [7, 11) is -3.85. The molecule has 10 heteroatoms. The Hall–Kier alpha value is -3.11. The minimum atomic E-state index is -3.85. The van der Waals surface area contributed by atoms with E-state index in [0.29, 0.717) is 11.5 Å². The highest BCUT2D eigenvalue weighted by atomic mass is 32.2. The number of rotatable bonds is 6. The lowest BCUT2D eigenvalue weighted by atomic mass is 10.2. The third-order valence-electron chi connectivity index (χ3n) is 3.98. The van der Waals surface area contributed by atoms with Gasteiger partial charge in [-0.05, 0) is 48.9 Å². The molecule has 0 bridgehead atoms. The van der Waals surface area contributed by atoms with Gasteiger partial charge in [0.15, 0.2) is 17.6 Å². The molecule has 1 heterocycles. The van der Waals surface area contributed by atoms with Gasteiger partial charge in [0.25, 0.3) is 5.91 Å². The number of nitrogens with one attached hydrogen (secondary N) is 1. The molecule has 1 aliphatic heterocycles. The summed E-state index contributed by atoms with van der Waals surface area (Å²) in [5, 5.41) is 7.67. The molecule has 3 N–H and O–H groups in total. The number of hydrogen-bond donors (Lipinski definition) is 2. The molecule has 2 aromatic carbocycles. The Morgan fingerprint density at radius 2 is 1.82 bits per heavy atom. The minimum absolute atomic E-state index is 0.0998. The van der Waals surface area contributed by atoms with Crippen LogP contribution in [0.4, 0.5) is 0 Å². The monoisotopic (exact) mass is 406 g/mol. The number of nitrogens with two attached hydrogens (primary N) is 1. The molecule has 0 spiro atoms. The second-order valence-electron chi connectivity index (χ2n) is 6.02. The molecule has 9 nitrogen and oxygen atoms in total. The number of primary sulfonamides is 1. The quantitative estimate of drug-likeness (QED) is 0.681. The lowest BCUT2D eigenvalue weighted by Crippen LogP contribution is -2.35. The molecule has 1 aliphatic rings. The van der Waals surface area contributed by atoms with Crippen molar-refractivity contribution in [3.05, 3.63) is 53.6 Å². The highest BCUT2D eigenvalue weighted by Crippen LogP contribution is 2.32.